The standard InChI is InChI=1S/C17H19N3O4/c1-10-7-12(24-9-16(21)22)5-6-13(10)18-17(23)14-8-15(11-3-4-11)20(2)19-14/h5-8,11H,3-4,9H2,1-2H3,(H,18,23)(H,21,22). The highest BCUT2D eigenvalue weighted by Gasteiger charge is 2.28. The van der Waals surface area contributed by atoms with Crippen LogP contribution in [0, 0.1) is 6.92 Å². The fourth-order valence-corrected chi connectivity index (χ4v) is 2.55. The summed E-state index contributed by atoms with van der Waals surface area (Å²) in [7, 11) is 1.85. The van der Waals surface area contributed by atoms with Crippen LogP contribution in [0.3, 0.4) is 0 Å². The maximum atomic E-state index is 12.4. The van der Waals surface area contributed by atoms with E-state index in [2.05, 4.69) is 10.4 Å². The Labute approximate surface area is 139 Å². The lowest BCUT2D eigenvalue weighted by Crippen LogP contribution is -2.14. The first-order chi connectivity index (χ1) is 11.4. The molecular weight excluding hydrogens is 310 g/mol. The van der Waals surface area contributed by atoms with Crippen molar-refractivity contribution >= 4 is 17.6 Å². The second-order valence-electron chi connectivity index (χ2n) is 5.97. The first kappa shape index (κ1) is 16.0. The molecule has 0 spiro atoms. The number of amides is 1. The molecule has 0 atom stereocenters. The number of carbonyl (C=O) groups is 2. The van der Waals surface area contributed by atoms with Crippen LogP contribution in [-0.2, 0) is 11.8 Å². The van der Waals surface area contributed by atoms with Crippen LogP contribution in [0.25, 0.3) is 0 Å². The van der Waals surface area contributed by atoms with Crippen molar-refractivity contribution in [3.63, 3.8) is 0 Å². The number of hydrogen-bond donors (Lipinski definition) is 2. The van der Waals surface area contributed by atoms with E-state index in [-0.39, 0.29) is 5.91 Å². The van der Waals surface area contributed by atoms with Crippen molar-refractivity contribution in [1.82, 2.24) is 9.78 Å². The molecular formula is C17H19N3O4. The van der Waals surface area contributed by atoms with Crippen molar-refractivity contribution in [3.05, 3.63) is 41.2 Å². The molecule has 3 rings (SSSR count). The van der Waals surface area contributed by atoms with E-state index < -0.39 is 12.6 Å². The van der Waals surface area contributed by atoms with Crippen molar-refractivity contribution in [2.75, 3.05) is 11.9 Å². The Hall–Kier alpha value is -2.83. The Bertz CT molecular complexity index is 793. The van der Waals surface area contributed by atoms with Gasteiger partial charge in [0, 0.05) is 24.3 Å². The summed E-state index contributed by atoms with van der Waals surface area (Å²) >= 11 is 0. The van der Waals surface area contributed by atoms with Crippen LogP contribution >= 0.6 is 0 Å². The molecule has 2 aromatic rings. The van der Waals surface area contributed by atoms with Crippen LogP contribution in [0.15, 0.2) is 24.3 Å². The van der Waals surface area contributed by atoms with Crippen LogP contribution in [0.1, 0.15) is 40.5 Å². The molecule has 0 unspecified atom stereocenters. The van der Waals surface area contributed by atoms with Crippen LogP contribution < -0.4 is 10.1 Å². The highest BCUT2D eigenvalue weighted by atomic mass is 16.5. The molecule has 0 aliphatic heterocycles. The van der Waals surface area contributed by atoms with E-state index in [4.69, 9.17) is 9.84 Å². The Morgan fingerprint density at radius 2 is 2.12 bits per heavy atom. The number of carboxylic acids is 1. The summed E-state index contributed by atoms with van der Waals surface area (Å²) in [5.74, 6) is -0.329. The van der Waals surface area contributed by atoms with Crippen molar-refractivity contribution in [1.29, 1.82) is 0 Å². The van der Waals surface area contributed by atoms with Crippen molar-refractivity contribution in [2.45, 2.75) is 25.7 Å². The zero-order chi connectivity index (χ0) is 17.3. The van der Waals surface area contributed by atoms with Gasteiger partial charge in [-0.1, -0.05) is 0 Å². The number of aliphatic carboxylic acids is 1. The van der Waals surface area contributed by atoms with E-state index in [9.17, 15) is 9.59 Å². The van der Waals surface area contributed by atoms with Gasteiger partial charge in [-0.05, 0) is 49.6 Å². The highest BCUT2D eigenvalue weighted by Crippen LogP contribution is 2.40. The average molecular weight is 329 g/mol. The van der Waals surface area contributed by atoms with Crippen molar-refractivity contribution in [2.24, 2.45) is 7.05 Å². The van der Waals surface area contributed by atoms with Gasteiger partial charge in [0.2, 0.25) is 0 Å². The quantitative estimate of drug-likeness (QED) is 0.848. The van der Waals surface area contributed by atoms with E-state index in [1.807, 2.05) is 20.0 Å². The molecule has 1 aromatic carbocycles. The van der Waals surface area contributed by atoms with Gasteiger partial charge in [0.05, 0.1) is 0 Å². The van der Waals surface area contributed by atoms with Crippen molar-refractivity contribution < 1.29 is 19.4 Å². The molecule has 1 amide bonds. The molecule has 2 N–H and O–H groups in total. The number of anilines is 1. The Morgan fingerprint density at radius 3 is 2.75 bits per heavy atom. The second kappa shape index (κ2) is 6.35. The number of aromatic nitrogens is 2. The molecule has 1 aliphatic rings. The molecule has 24 heavy (non-hydrogen) atoms. The zero-order valence-corrected chi connectivity index (χ0v) is 13.6. The van der Waals surface area contributed by atoms with E-state index >= 15 is 0 Å². The van der Waals surface area contributed by atoms with Gasteiger partial charge in [-0.3, -0.25) is 9.48 Å². The van der Waals surface area contributed by atoms with Crippen LogP contribution in [0.5, 0.6) is 5.75 Å². The molecule has 7 nitrogen and oxygen atoms in total. The summed E-state index contributed by atoms with van der Waals surface area (Å²) in [4.78, 5) is 22.9. The fourth-order valence-electron chi connectivity index (χ4n) is 2.55. The maximum Gasteiger partial charge on any atom is 0.341 e. The SMILES string of the molecule is Cc1cc(OCC(=O)O)ccc1NC(=O)c1cc(C2CC2)n(C)n1. The van der Waals surface area contributed by atoms with Crippen LogP contribution in [-0.4, -0.2) is 33.4 Å². The summed E-state index contributed by atoms with van der Waals surface area (Å²) in [5.41, 5.74) is 2.91. The molecule has 1 heterocycles. The van der Waals surface area contributed by atoms with E-state index in [0.717, 1.165) is 24.1 Å². The number of aryl methyl sites for hydroxylation is 2. The van der Waals surface area contributed by atoms with E-state index in [1.54, 1.807) is 22.9 Å². The Morgan fingerprint density at radius 1 is 1.38 bits per heavy atom. The molecule has 0 bridgehead atoms. The van der Waals surface area contributed by atoms with E-state index in [1.165, 1.54) is 0 Å². The van der Waals surface area contributed by atoms with Gasteiger partial charge >= 0.3 is 5.97 Å². The summed E-state index contributed by atoms with van der Waals surface area (Å²) in [6, 6.07) is 6.84. The topological polar surface area (TPSA) is 93.5 Å². The van der Waals surface area contributed by atoms with Gasteiger partial charge in [-0.15, -0.1) is 0 Å². The van der Waals surface area contributed by atoms with Gasteiger partial charge in [-0.2, -0.15) is 5.10 Å². The number of benzene rings is 1. The first-order valence-corrected chi connectivity index (χ1v) is 7.74. The third kappa shape index (κ3) is 3.56. The number of nitrogens with one attached hydrogen (secondary N) is 1. The molecule has 126 valence electrons. The molecule has 1 saturated carbocycles. The van der Waals surface area contributed by atoms with Gasteiger partial charge in [0.1, 0.15) is 5.75 Å². The first-order valence-electron chi connectivity index (χ1n) is 7.74. The number of hydrogen-bond acceptors (Lipinski definition) is 4. The number of carbonyl (C=O) groups excluding carboxylic acids is 1. The van der Waals surface area contributed by atoms with Gasteiger partial charge in [0.25, 0.3) is 5.91 Å². The summed E-state index contributed by atoms with van der Waals surface area (Å²) in [6.07, 6.45) is 2.30. The van der Waals surface area contributed by atoms with Crippen LogP contribution in [0.2, 0.25) is 0 Å². The minimum Gasteiger partial charge on any atom is -0.482 e. The zero-order valence-electron chi connectivity index (χ0n) is 13.6. The maximum absolute atomic E-state index is 12.4. The fraction of sp³-hybridized carbons (Fsp3) is 0.353. The normalized spacial score (nSPS) is 13.6. The summed E-state index contributed by atoms with van der Waals surface area (Å²) in [5, 5.41) is 15.7. The summed E-state index contributed by atoms with van der Waals surface area (Å²) in [6.45, 7) is 1.42. The molecule has 0 saturated heterocycles. The lowest BCUT2D eigenvalue weighted by atomic mass is 10.2. The molecule has 7 heteroatoms. The Balaban J connectivity index is 1.69. The number of nitrogens with zero attached hydrogens (tertiary/aromatic N) is 2. The van der Waals surface area contributed by atoms with Gasteiger partial charge in [0.15, 0.2) is 12.3 Å². The number of rotatable bonds is 6. The smallest absolute Gasteiger partial charge is 0.341 e. The third-order valence-corrected chi connectivity index (χ3v) is 3.95. The number of carboxylic acid groups (broad SMARTS) is 1. The lowest BCUT2D eigenvalue weighted by Gasteiger charge is -2.09. The number of ether oxygens (including phenoxy) is 1. The molecule has 1 aliphatic carbocycles. The minimum atomic E-state index is -1.04. The van der Waals surface area contributed by atoms with Crippen LogP contribution in [0.4, 0.5) is 5.69 Å². The summed E-state index contributed by atoms with van der Waals surface area (Å²) < 4.78 is 6.88. The van der Waals surface area contributed by atoms with Gasteiger partial charge in [-0.25, -0.2) is 4.79 Å². The largest absolute Gasteiger partial charge is 0.482 e. The predicted octanol–water partition coefficient (Wildman–Crippen LogP) is 2.32. The average Bonchev–Trinajstić information content (AvgIpc) is 3.29. The molecule has 1 fully saturated rings. The highest BCUT2D eigenvalue weighted by molar-refractivity contribution is 6.03. The monoisotopic (exact) mass is 329 g/mol. The minimum absolute atomic E-state index is 0.264. The van der Waals surface area contributed by atoms with Gasteiger partial charge < -0.3 is 15.2 Å². The third-order valence-electron chi connectivity index (χ3n) is 3.95. The van der Waals surface area contributed by atoms with Crippen molar-refractivity contribution in [3.8, 4) is 5.75 Å². The Kier molecular flexibility index (Phi) is 4.24. The lowest BCUT2D eigenvalue weighted by molar-refractivity contribution is -0.139. The molecule has 1 aromatic heterocycles. The second-order valence-corrected chi connectivity index (χ2v) is 5.97. The predicted molar refractivity (Wildman–Crippen MR) is 87.4 cm³/mol. The van der Waals surface area contributed by atoms with E-state index in [0.29, 0.717) is 23.0 Å². The molecule has 0 radical (unpaired) electrons.